The van der Waals surface area contributed by atoms with Gasteiger partial charge in [0.25, 0.3) is 0 Å². The molecule has 0 amide bonds. The van der Waals surface area contributed by atoms with E-state index in [0.717, 1.165) is 37.6 Å². The molecule has 0 bridgehead atoms. The van der Waals surface area contributed by atoms with E-state index < -0.39 is 0 Å². The van der Waals surface area contributed by atoms with Crippen molar-refractivity contribution >= 4 is 11.4 Å². The molecule has 2 rings (SSSR count). The van der Waals surface area contributed by atoms with Crippen LogP contribution >= 0.6 is 0 Å². The third-order valence-corrected chi connectivity index (χ3v) is 2.69. The molecule has 0 aliphatic carbocycles. The summed E-state index contributed by atoms with van der Waals surface area (Å²) in [4.78, 5) is 2.27. The Bertz CT molecular complexity index is 335. The zero-order valence-electron chi connectivity index (χ0n) is 8.89. The fourth-order valence-corrected chi connectivity index (χ4v) is 1.89. The summed E-state index contributed by atoms with van der Waals surface area (Å²) in [5.41, 5.74) is 1.94. The molecule has 0 aromatic heterocycles. The topological polar surface area (TPSA) is 27.3 Å². The van der Waals surface area contributed by atoms with E-state index >= 15 is 0 Å². The number of benzene rings is 1. The summed E-state index contributed by atoms with van der Waals surface area (Å²) in [6, 6.07) is 4.89. The van der Waals surface area contributed by atoms with Crippen molar-refractivity contribution in [1.29, 1.82) is 0 Å². The summed E-state index contributed by atoms with van der Waals surface area (Å²) < 4.78 is 13.0. The number of hydrogen-bond acceptors (Lipinski definition) is 3. The van der Waals surface area contributed by atoms with Crippen molar-refractivity contribution in [3.63, 3.8) is 0 Å². The maximum Gasteiger partial charge on any atom is 0.125 e. The van der Waals surface area contributed by atoms with Crippen LogP contribution < -0.4 is 15.5 Å². The summed E-state index contributed by atoms with van der Waals surface area (Å²) in [6.07, 6.45) is 0. The minimum absolute atomic E-state index is 0.196. The van der Waals surface area contributed by atoms with Gasteiger partial charge in [-0.2, -0.15) is 0 Å². The molecular weight excluding hydrogens is 193 g/mol. The van der Waals surface area contributed by atoms with Crippen LogP contribution in [0.15, 0.2) is 18.2 Å². The Morgan fingerprint density at radius 2 is 2.07 bits per heavy atom. The highest BCUT2D eigenvalue weighted by Gasteiger charge is 2.13. The smallest absolute Gasteiger partial charge is 0.125 e. The van der Waals surface area contributed by atoms with Gasteiger partial charge in [0.15, 0.2) is 0 Å². The molecule has 3 nitrogen and oxygen atoms in total. The van der Waals surface area contributed by atoms with Crippen LogP contribution in [0.25, 0.3) is 0 Å². The Hall–Kier alpha value is -1.29. The average molecular weight is 209 g/mol. The van der Waals surface area contributed by atoms with E-state index in [9.17, 15) is 4.39 Å². The van der Waals surface area contributed by atoms with Gasteiger partial charge in [-0.3, -0.25) is 0 Å². The molecule has 0 saturated carbocycles. The molecule has 4 heteroatoms. The fourth-order valence-electron chi connectivity index (χ4n) is 1.89. The summed E-state index contributed by atoms with van der Waals surface area (Å²) >= 11 is 0. The van der Waals surface area contributed by atoms with Crippen molar-refractivity contribution in [1.82, 2.24) is 5.32 Å². The SMILES string of the molecule is CNc1cc(F)ccc1N1CCNCC1. The number of rotatable bonds is 2. The fraction of sp³-hybridized carbons (Fsp3) is 0.455. The Morgan fingerprint density at radius 3 is 2.73 bits per heavy atom. The van der Waals surface area contributed by atoms with Crippen LogP contribution in [0.5, 0.6) is 0 Å². The quantitative estimate of drug-likeness (QED) is 0.768. The van der Waals surface area contributed by atoms with Gasteiger partial charge in [0.05, 0.1) is 11.4 Å². The molecule has 1 fully saturated rings. The molecule has 1 aliphatic rings. The normalized spacial score (nSPS) is 16.5. The summed E-state index contributed by atoms with van der Waals surface area (Å²) in [6.45, 7) is 3.92. The Balaban J connectivity index is 2.25. The summed E-state index contributed by atoms with van der Waals surface area (Å²) in [7, 11) is 1.82. The van der Waals surface area contributed by atoms with Crippen molar-refractivity contribution in [3.05, 3.63) is 24.0 Å². The molecule has 82 valence electrons. The maximum absolute atomic E-state index is 13.0. The lowest BCUT2D eigenvalue weighted by Crippen LogP contribution is -2.43. The van der Waals surface area contributed by atoms with Gasteiger partial charge in [0.2, 0.25) is 0 Å². The largest absolute Gasteiger partial charge is 0.386 e. The van der Waals surface area contributed by atoms with E-state index in [1.165, 1.54) is 12.1 Å². The van der Waals surface area contributed by atoms with Crippen LogP contribution in [0.3, 0.4) is 0 Å². The molecule has 1 aromatic rings. The van der Waals surface area contributed by atoms with Gasteiger partial charge in [-0.05, 0) is 18.2 Å². The monoisotopic (exact) mass is 209 g/mol. The number of piperazine rings is 1. The van der Waals surface area contributed by atoms with Crippen LogP contribution in [-0.2, 0) is 0 Å². The van der Waals surface area contributed by atoms with Crippen molar-refractivity contribution in [2.24, 2.45) is 0 Å². The van der Waals surface area contributed by atoms with Crippen molar-refractivity contribution in [3.8, 4) is 0 Å². The van der Waals surface area contributed by atoms with Crippen LogP contribution in [0.2, 0.25) is 0 Å². The van der Waals surface area contributed by atoms with Gasteiger partial charge in [-0.1, -0.05) is 0 Å². The zero-order chi connectivity index (χ0) is 10.7. The van der Waals surface area contributed by atoms with Crippen LogP contribution in [-0.4, -0.2) is 33.2 Å². The highest BCUT2D eigenvalue weighted by molar-refractivity contribution is 5.70. The van der Waals surface area contributed by atoms with E-state index in [-0.39, 0.29) is 5.82 Å². The maximum atomic E-state index is 13.0. The van der Waals surface area contributed by atoms with Crippen LogP contribution in [0.1, 0.15) is 0 Å². The molecule has 2 N–H and O–H groups in total. The lowest BCUT2D eigenvalue weighted by molar-refractivity contribution is 0.588. The highest BCUT2D eigenvalue weighted by atomic mass is 19.1. The first-order chi connectivity index (χ1) is 7.31. The average Bonchev–Trinajstić information content (AvgIpc) is 2.30. The number of nitrogens with zero attached hydrogens (tertiary/aromatic N) is 1. The molecule has 0 spiro atoms. The van der Waals surface area contributed by atoms with Crippen LogP contribution in [0.4, 0.5) is 15.8 Å². The molecule has 0 unspecified atom stereocenters. The van der Waals surface area contributed by atoms with Crippen LogP contribution in [0, 0.1) is 5.82 Å². The number of hydrogen-bond donors (Lipinski definition) is 2. The standard InChI is InChI=1S/C11H16FN3/c1-13-10-8-9(12)2-3-11(10)15-6-4-14-5-7-15/h2-3,8,13-14H,4-7H2,1H3. The van der Waals surface area contributed by atoms with E-state index in [1.807, 2.05) is 13.1 Å². The number of halogens is 1. The van der Waals surface area contributed by atoms with Crippen molar-refractivity contribution in [2.75, 3.05) is 43.4 Å². The Labute approximate surface area is 89.3 Å². The molecular formula is C11H16FN3. The predicted molar refractivity (Wildman–Crippen MR) is 61.0 cm³/mol. The third kappa shape index (κ3) is 2.21. The molecule has 1 saturated heterocycles. The van der Waals surface area contributed by atoms with Crippen molar-refractivity contribution in [2.45, 2.75) is 0 Å². The van der Waals surface area contributed by atoms with E-state index in [2.05, 4.69) is 15.5 Å². The summed E-state index contributed by atoms with van der Waals surface area (Å²) in [5.74, 6) is -0.196. The van der Waals surface area contributed by atoms with Gasteiger partial charge in [0.1, 0.15) is 5.82 Å². The Kier molecular flexibility index (Phi) is 3.06. The predicted octanol–water partition coefficient (Wildman–Crippen LogP) is 1.28. The minimum Gasteiger partial charge on any atom is -0.386 e. The molecule has 1 heterocycles. The zero-order valence-corrected chi connectivity index (χ0v) is 8.89. The second-order valence-electron chi connectivity index (χ2n) is 3.65. The molecule has 0 radical (unpaired) electrons. The first-order valence-corrected chi connectivity index (χ1v) is 5.24. The highest BCUT2D eigenvalue weighted by Crippen LogP contribution is 2.26. The molecule has 15 heavy (non-hydrogen) atoms. The molecule has 1 aromatic carbocycles. The second-order valence-corrected chi connectivity index (χ2v) is 3.65. The number of nitrogens with one attached hydrogen (secondary N) is 2. The lowest BCUT2D eigenvalue weighted by atomic mass is 10.2. The first kappa shape index (κ1) is 10.2. The first-order valence-electron chi connectivity index (χ1n) is 5.24. The molecule has 1 aliphatic heterocycles. The van der Waals surface area contributed by atoms with Gasteiger partial charge in [-0.25, -0.2) is 4.39 Å². The summed E-state index contributed by atoms with van der Waals surface area (Å²) in [5, 5.41) is 6.33. The Morgan fingerprint density at radius 1 is 1.33 bits per heavy atom. The lowest BCUT2D eigenvalue weighted by Gasteiger charge is -2.31. The van der Waals surface area contributed by atoms with Gasteiger partial charge >= 0.3 is 0 Å². The van der Waals surface area contributed by atoms with E-state index in [0.29, 0.717) is 0 Å². The van der Waals surface area contributed by atoms with Gasteiger partial charge in [-0.15, -0.1) is 0 Å². The van der Waals surface area contributed by atoms with Gasteiger partial charge in [0, 0.05) is 33.2 Å². The second kappa shape index (κ2) is 4.49. The van der Waals surface area contributed by atoms with E-state index in [1.54, 1.807) is 0 Å². The van der Waals surface area contributed by atoms with E-state index in [4.69, 9.17) is 0 Å². The molecule has 0 atom stereocenters. The third-order valence-electron chi connectivity index (χ3n) is 2.69. The number of anilines is 2. The van der Waals surface area contributed by atoms with Gasteiger partial charge < -0.3 is 15.5 Å². The minimum atomic E-state index is -0.196. The van der Waals surface area contributed by atoms with Crippen molar-refractivity contribution < 1.29 is 4.39 Å².